The molecule has 0 radical (unpaired) electrons. The summed E-state index contributed by atoms with van der Waals surface area (Å²) in [5, 5.41) is 3.16. The molecular weight excluding hydrogens is 272 g/mol. The summed E-state index contributed by atoms with van der Waals surface area (Å²) in [6, 6.07) is 1.53. The number of carbonyl (C=O) groups is 1. The second kappa shape index (κ2) is 6.26. The molecule has 1 heterocycles. The predicted molar refractivity (Wildman–Crippen MR) is 77.0 cm³/mol. The molecule has 1 amide bonds. The second-order valence-electron chi connectivity index (χ2n) is 4.35. The molecule has 0 aliphatic rings. The van der Waals surface area contributed by atoms with Crippen LogP contribution in [0.25, 0.3) is 0 Å². The van der Waals surface area contributed by atoms with Gasteiger partial charge >= 0.3 is 0 Å². The van der Waals surface area contributed by atoms with Gasteiger partial charge in [0, 0.05) is 17.5 Å². The van der Waals surface area contributed by atoms with Gasteiger partial charge in [-0.25, -0.2) is 10.8 Å². The molecule has 0 aliphatic heterocycles. The quantitative estimate of drug-likeness (QED) is 0.569. The molecule has 0 atom stereocenters. The second-order valence-corrected chi connectivity index (χ2v) is 6.27. The van der Waals surface area contributed by atoms with E-state index in [2.05, 4.69) is 29.6 Å². The highest BCUT2D eigenvalue weighted by molar-refractivity contribution is 7.99. The summed E-state index contributed by atoms with van der Waals surface area (Å²) in [5.74, 6) is 5.36. The number of hydrogen-bond acceptors (Lipinski definition) is 5. The molecule has 0 saturated heterocycles. The summed E-state index contributed by atoms with van der Waals surface area (Å²) >= 11 is 7.59. The number of rotatable bonds is 5. The molecule has 0 unspecified atom stereocenters. The first kappa shape index (κ1) is 15.1. The molecule has 1 aromatic rings. The van der Waals surface area contributed by atoms with Gasteiger partial charge in [-0.1, -0.05) is 11.6 Å². The number of hydrazine groups is 1. The van der Waals surface area contributed by atoms with Crippen LogP contribution in [0.1, 0.15) is 24.2 Å². The summed E-state index contributed by atoms with van der Waals surface area (Å²) in [4.78, 5) is 15.8. The van der Waals surface area contributed by atoms with Crippen LogP contribution in [-0.2, 0) is 0 Å². The van der Waals surface area contributed by atoms with Gasteiger partial charge in [0.2, 0.25) is 0 Å². The lowest BCUT2D eigenvalue weighted by Crippen LogP contribution is -2.36. The first-order chi connectivity index (χ1) is 8.39. The minimum atomic E-state index is -0.199. The Morgan fingerprint density at radius 3 is 2.78 bits per heavy atom. The maximum Gasteiger partial charge on any atom is 0.252 e. The minimum Gasteiger partial charge on any atom is -0.351 e. The van der Waals surface area contributed by atoms with Gasteiger partial charge in [-0.05, 0) is 26.2 Å². The number of amides is 1. The third kappa shape index (κ3) is 4.04. The average Bonchev–Trinajstić information content (AvgIpc) is 2.36. The van der Waals surface area contributed by atoms with E-state index in [4.69, 9.17) is 17.4 Å². The smallest absolute Gasteiger partial charge is 0.252 e. The van der Waals surface area contributed by atoms with Crippen molar-refractivity contribution < 1.29 is 4.79 Å². The van der Waals surface area contributed by atoms with Gasteiger partial charge in [0.15, 0.2) is 5.82 Å². The lowest BCUT2D eigenvalue weighted by molar-refractivity contribution is 0.0950. The van der Waals surface area contributed by atoms with Crippen molar-refractivity contribution in [1.82, 2.24) is 10.3 Å². The summed E-state index contributed by atoms with van der Waals surface area (Å²) in [6.07, 6.45) is 3.44. The molecule has 4 N–H and O–H groups in total. The number of anilines is 1. The zero-order valence-electron chi connectivity index (χ0n) is 10.6. The number of pyridine rings is 1. The molecular formula is C11H17ClN4OS. The van der Waals surface area contributed by atoms with Crippen LogP contribution < -0.4 is 16.6 Å². The minimum absolute atomic E-state index is 0.00830. The molecule has 0 fully saturated rings. The Kier molecular flexibility index (Phi) is 5.25. The van der Waals surface area contributed by atoms with Gasteiger partial charge in [-0.15, -0.1) is 0 Å². The molecule has 18 heavy (non-hydrogen) atoms. The van der Waals surface area contributed by atoms with Gasteiger partial charge < -0.3 is 10.7 Å². The van der Waals surface area contributed by atoms with Crippen molar-refractivity contribution in [2.75, 3.05) is 18.2 Å². The summed E-state index contributed by atoms with van der Waals surface area (Å²) in [7, 11) is 0. The third-order valence-corrected chi connectivity index (χ3v) is 4.00. The Balaban J connectivity index is 2.71. The Bertz CT molecular complexity index is 439. The molecule has 0 spiro atoms. The number of carbonyl (C=O) groups excluding carboxylic acids is 1. The van der Waals surface area contributed by atoms with E-state index in [-0.39, 0.29) is 10.7 Å². The number of nitrogen functional groups attached to an aromatic ring is 1. The van der Waals surface area contributed by atoms with E-state index in [1.165, 1.54) is 12.3 Å². The number of thioether (sulfide) groups is 1. The topological polar surface area (TPSA) is 80.0 Å². The highest BCUT2D eigenvalue weighted by Crippen LogP contribution is 2.21. The highest BCUT2D eigenvalue weighted by atomic mass is 35.5. The largest absolute Gasteiger partial charge is 0.351 e. The molecule has 7 heteroatoms. The zero-order valence-corrected chi connectivity index (χ0v) is 12.2. The van der Waals surface area contributed by atoms with Crippen LogP contribution in [0.3, 0.4) is 0 Å². The number of hydrogen-bond donors (Lipinski definition) is 3. The molecule has 1 aromatic heterocycles. The molecule has 0 bridgehead atoms. The predicted octanol–water partition coefficient (Wildman–Crippen LogP) is 1.89. The van der Waals surface area contributed by atoms with Crippen LogP contribution in [-0.4, -0.2) is 28.4 Å². The van der Waals surface area contributed by atoms with Gasteiger partial charge in [-0.3, -0.25) is 4.79 Å². The van der Waals surface area contributed by atoms with Crippen molar-refractivity contribution in [2.45, 2.75) is 18.6 Å². The van der Waals surface area contributed by atoms with Crippen molar-refractivity contribution in [3.63, 3.8) is 0 Å². The van der Waals surface area contributed by atoms with E-state index >= 15 is 0 Å². The first-order valence-electron chi connectivity index (χ1n) is 5.35. The standard InChI is InChI=1S/C11H17ClN4OS/c1-11(2,18-3)6-15-10(17)7-4-8(12)9(16-13)14-5-7/h4-5H,6,13H2,1-3H3,(H,14,16)(H,15,17). The fraction of sp³-hybridized carbons (Fsp3) is 0.455. The van der Waals surface area contributed by atoms with Crippen molar-refractivity contribution in [1.29, 1.82) is 0 Å². The van der Waals surface area contributed by atoms with E-state index < -0.39 is 0 Å². The highest BCUT2D eigenvalue weighted by Gasteiger charge is 2.18. The molecule has 100 valence electrons. The monoisotopic (exact) mass is 288 g/mol. The number of aromatic nitrogens is 1. The summed E-state index contributed by atoms with van der Waals surface area (Å²) in [5.41, 5.74) is 2.76. The maximum absolute atomic E-state index is 11.9. The average molecular weight is 289 g/mol. The van der Waals surface area contributed by atoms with E-state index in [9.17, 15) is 4.79 Å². The van der Waals surface area contributed by atoms with Crippen molar-refractivity contribution in [3.8, 4) is 0 Å². The normalized spacial score (nSPS) is 11.2. The fourth-order valence-corrected chi connectivity index (χ4v) is 1.57. The number of nitrogens with zero attached hydrogens (tertiary/aromatic N) is 1. The van der Waals surface area contributed by atoms with E-state index in [0.717, 1.165) is 0 Å². The van der Waals surface area contributed by atoms with Crippen LogP contribution in [0.15, 0.2) is 12.3 Å². The Morgan fingerprint density at radius 2 is 2.28 bits per heavy atom. The zero-order chi connectivity index (χ0) is 13.8. The summed E-state index contributed by atoms with van der Waals surface area (Å²) in [6.45, 7) is 4.69. The van der Waals surface area contributed by atoms with Gasteiger partial charge in [0.1, 0.15) is 0 Å². The Hall–Kier alpha value is -0.980. The van der Waals surface area contributed by atoms with Crippen molar-refractivity contribution in [2.24, 2.45) is 5.84 Å². The van der Waals surface area contributed by atoms with Crippen LogP contribution >= 0.6 is 23.4 Å². The Morgan fingerprint density at radius 1 is 1.61 bits per heavy atom. The molecule has 0 aromatic carbocycles. The molecule has 1 rings (SSSR count). The summed E-state index contributed by atoms with van der Waals surface area (Å²) < 4.78 is -0.00830. The maximum atomic E-state index is 11.9. The van der Waals surface area contributed by atoms with Gasteiger partial charge in [-0.2, -0.15) is 11.8 Å². The van der Waals surface area contributed by atoms with Gasteiger partial charge in [0.05, 0.1) is 10.6 Å². The van der Waals surface area contributed by atoms with Crippen LogP contribution in [0.5, 0.6) is 0 Å². The van der Waals surface area contributed by atoms with E-state index in [1.54, 1.807) is 11.8 Å². The van der Waals surface area contributed by atoms with Crippen LogP contribution in [0.4, 0.5) is 5.82 Å². The molecule has 5 nitrogen and oxygen atoms in total. The first-order valence-corrected chi connectivity index (χ1v) is 6.95. The molecule has 0 saturated carbocycles. The van der Waals surface area contributed by atoms with Crippen molar-refractivity contribution >= 4 is 35.1 Å². The number of nitrogens with two attached hydrogens (primary N) is 1. The molecule has 0 aliphatic carbocycles. The third-order valence-electron chi connectivity index (χ3n) is 2.47. The van der Waals surface area contributed by atoms with Crippen molar-refractivity contribution in [3.05, 3.63) is 22.8 Å². The lowest BCUT2D eigenvalue weighted by atomic mass is 10.2. The SMILES string of the molecule is CSC(C)(C)CNC(=O)c1cnc(NN)c(Cl)c1. The van der Waals surface area contributed by atoms with E-state index in [1.807, 2.05) is 6.26 Å². The number of nitrogens with one attached hydrogen (secondary N) is 2. The Labute approximate surface area is 116 Å². The number of halogens is 1. The van der Waals surface area contributed by atoms with E-state index in [0.29, 0.717) is 22.9 Å². The fourth-order valence-electron chi connectivity index (χ4n) is 1.14. The van der Waals surface area contributed by atoms with Crippen LogP contribution in [0.2, 0.25) is 5.02 Å². The van der Waals surface area contributed by atoms with Gasteiger partial charge in [0.25, 0.3) is 5.91 Å². The lowest BCUT2D eigenvalue weighted by Gasteiger charge is -2.22. The van der Waals surface area contributed by atoms with Crippen LogP contribution in [0, 0.1) is 0 Å².